The zero-order valence-corrected chi connectivity index (χ0v) is 11.5. The first-order valence-electron chi connectivity index (χ1n) is 7.10. The third-order valence-electron chi connectivity index (χ3n) is 4.11. The highest BCUT2D eigenvalue weighted by Crippen LogP contribution is 2.29. The number of carbonyl (C=O) groups is 1. The van der Waals surface area contributed by atoms with Gasteiger partial charge in [-0.15, -0.1) is 0 Å². The zero-order valence-electron chi connectivity index (χ0n) is 11.5. The van der Waals surface area contributed by atoms with Crippen molar-refractivity contribution in [2.45, 2.75) is 38.1 Å². The van der Waals surface area contributed by atoms with Crippen LogP contribution in [0.15, 0.2) is 27.8 Å². The van der Waals surface area contributed by atoms with Gasteiger partial charge in [-0.2, -0.15) is 0 Å². The second-order valence-electron chi connectivity index (χ2n) is 5.43. The summed E-state index contributed by atoms with van der Waals surface area (Å²) in [5.74, 6) is -1.10. The molecular formula is C15H16N2O4. The standard InChI is InChI=1S/C15H16N2O4/c18-13-14(19)17(9-5-2-1-3-6-9)12-10(15(20)21)7-4-8-11(12)16-13/h4,7-9H,1-3,5-6H2,(H,16,18)(H,20,21). The number of hydrogen-bond acceptors (Lipinski definition) is 3. The number of aromatic carboxylic acids is 1. The maximum absolute atomic E-state index is 12.3. The van der Waals surface area contributed by atoms with Crippen molar-refractivity contribution in [1.82, 2.24) is 9.55 Å². The topological polar surface area (TPSA) is 92.2 Å². The molecule has 1 fully saturated rings. The molecule has 3 rings (SSSR count). The summed E-state index contributed by atoms with van der Waals surface area (Å²) in [7, 11) is 0. The Hall–Kier alpha value is -2.37. The number of aromatic nitrogens is 2. The van der Waals surface area contributed by atoms with Crippen LogP contribution in [0, 0.1) is 0 Å². The van der Waals surface area contributed by atoms with Crippen LogP contribution in [0.1, 0.15) is 48.5 Å². The molecule has 1 saturated carbocycles. The molecule has 1 aliphatic rings. The summed E-state index contributed by atoms with van der Waals surface area (Å²) in [6.07, 6.45) is 4.68. The summed E-state index contributed by atoms with van der Waals surface area (Å²) in [6.45, 7) is 0. The summed E-state index contributed by atoms with van der Waals surface area (Å²) in [6, 6.07) is 4.55. The van der Waals surface area contributed by atoms with Gasteiger partial charge in [0.05, 0.1) is 16.6 Å². The third kappa shape index (κ3) is 2.26. The van der Waals surface area contributed by atoms with Crippen molar-refractivity contribution in [2.24, 2.45) is 0 Å². The first-order chi connectivity index (χ1) is 10.1. The number of benzene rings is 1. The van der Waals surface area contributed by atoms with Crippen LogP contribution in [0.25, 0.3) is 11.0 Å². The van der Waals surface area contributed by atoms with E-state index in [2.05, 4.69) is 4.98 Å². The molecule has 1 aliphatic carbocycles. The van der Waals surface area contributed by atoms with E-state index in [1.165, 1.54) is 10.6 Å². The van der Waals surface area contributed by atoms with E-state index in [9.17, 15) is 19.5 Å². The van der Waals surface area contributed by atoms with Crippen LogP contribution < -0.4 is 11.1 Å². The molecule has 6 heteroatoms. The summed E-state index contributed by atoms with van der Waals surface area (Å²) in [5.41, 5.74) is -0.600. The Balaban J connectivity index is 2.38. The Labute approximate surface area is 120 Å². The second-order valence-corrected chi connectivity index (χ2v) is 5.43. The number of nitrogens with one attached hydrogen (secondary N) is 1. The summed E-state index contributed by atoms with van der Waals surface area (Å²) in [4.78, 5) is 38.0. The van der Waals surface area contributed by atoms with Gasteiger partial charge >= 0.3 is 17.1 Å². The van der Waals surface area contributed by atoms with E-state index in [0.717, 1.165) is 32.1 Å². The molecule has 0 bridgehead atoms. The van der Waals surface area contributed by atoms with E-state index in [1.807, 2.05) is 0 Å². The predicted molar refractivity (Wildman–Crippen MR) is 77.9 cm³/mol. The third-order valence-corrected chi connectivity index (χ3v) is 4.11. The molecule has 6 nitrogen and oxygen atoms in total. The van der Waals surface area contributed by atoms with Gasteiger partial charge < -0.3 is 10.1 Å². The fourth-order valence-corrected chi connectivity index (χ4v) is 3.15. The molecule has 0 amide bonds. The van der Waals surface area contributed by atoms with Crippen LogP contribution in [0.4, 0.5) is 0 Å². The predicted octanol–water partition coefficient (Wildman–Crippen LogP) is 1.89. The fourth-order valence-electron chi connectivity index (χ4n) is 3.15. The van der Waals surface area contributed by atoms with E-state index in [4.69, 9.17) is 0 Å². The lowest BCUT2D eigenvalue weighted by molar-refractivity contribution is 0.0698. The Morgan fingerprint density at radius 1 is 1.19 bits per heavy atom. The smallest absolute Gasteiger partial charge is 0.337 e. The Morgan fingerprint density at radius 3 is 2.57 bits per heavy atom. The number of aromatic amines is 1. The van der Waals surface area contributed by atoms with E-state index >= 15 is 0 Å². The van der Waals surface area contributed by atoms with Gasteiger partial charge in [-0.1, -0.05) is 25.3 Å². The molecule has 0 aliphatic heterocycles. The quantitative estimate of drug-likeness (QED) is 0.825. The lowest BCUT2D eigenvalue weighted by atomic mass is 9.94. The van der Waals surface area contributed by atoms with E-state index in [1.54, 1.807) is 12.1 Å². The van der Waals surface area contributed by atoms with Gasteiger partial charge in [-0.05, 0) is 25.0 Å². The number of H-pyrrole nitrogens is 1. The van der Waals surface area contributed by atoms with Gasteiger partial charge in [0.15, 0.2) is 0 Å². The Bertz CT molecular complexity index is 813. The van der Waals surface area contributed by atoms with Gasteiger partial charge in [-0.25, -0.2) is 4.79 Å². The number of carboxylic acid groups (broad SMARTS) is 1. The summed E-state index contributed by atoms with van der Waals surface area (Å²) in [5, 5.41) is 9.36. The Kier molecular flexibility index (Phi) is 3.37. The van der Waals surface area contributed by atoms with Crippen molar-refractivity contribution in [2.75, 3.05) is 0 Å². The molecule has 0 atom stereocenters. The van der Waals surface area contributed by atoms with Gasteiger partial charge in [0.1, 0.15) is 0 Å². The van der Waals surface area contributed by atoms with Crippen LogP contribution in [0.5, 0.6) is 0 Å². The van der Waals surface area contributed by atoms with Gasteiger partial charge in [0.2, 0.25) is 0 Å². The highest BCUT2D eigenvalue weighted by atomic mass is 16.4. The lowest BCUT2D eigenvalue weighted by Gasteiger charge is -2.25. The van der Waals surface area contributed by atoms with Crippen molar-refractivity contribution >= 4 is 17.0 Å². The molecule has 0 unspecified atom stereocenters. The van der Waals surface area contributed by atoms with Gasteiger partial charge in [0.25, 0.3) is 0 Å². The van der Waals surface area contributed by atoms with Crippen LogP contribution in [-0.2, 0) is 0 Å². The van der Waals surface area contributed by atoms with Crippen LogP contribution in [0.3, 0.4) is 0 Å². The maximum Gasteiger partial charge on any atom is 0.337 e. The first-order valence-corrected chi connectivity index (χ1v) is 7.10. The van der Waals surface area contributed by atoms with Crippen molar-refractivity contribution in [3.8, 4) is 0 Å². The highest BCUT2D eigenvalue weighted by Gasteiger charge is 2.22. The number of hydrogen-bond donors (Lipinski definition) is 2. The largest absolute Gasteiger partial charge is 0.478 e. The molecule has 2 aromatic rings. The molecule has 0 saturated heterocycles. The molecule has 110 valence electrons. The molecule has 1 heterocycles. The fraction of sp³-hybridized carbons (Fsp3) is 0.400. The molecule has 0 spiro atoms. The monoisotopic (exact) mass is 288 g/mol. The number of rotatable bonds is 2. The zero-order chi connectivity index (χ0) is 15.0. The number of para-hydroxylation sites is 1. The minimum absolute atomic E-state index is 0.0476. The molecule has 21 heavy (non-hydrogen) atoms. The van der Waals surface area contributed by atoms with Crippen molar-refractivity contribution in [3.05, 3.63) is 44.5 Å². The number of carboxylic acids is 1. The average Bonchev–Trinajstić information content (AvgIpc) is 2.48. The molecule has 0 radical (unpaired) electrons. The van der Waals surface area contributed by atoms with Gasteiger partial charge in [0, 0.05) is 6.04 Å². The molecule has 1 aromatic heterocycles. The normalized spacial score (nSPS) is 16.2. The minimum Gasteiger partial charge on any atom is -0.478 e. The van der Waals surface area contributed by atoms with E-state index in [0.29, 0.717) is 11.0 Å². The van der Waals surface area contributed by atoms with Crippen molar-refractivity contribution in [1.29, 1.82) is 0 Å². The van der Waals surface area contributed by atoms with Crippen molar-refractivity contribution < 1.29 is 9.90 Å². The van der Waals surface area contributed by atoms with Gasteiger partial charge in [-0.3, -0.25) is 14.2 Å². The Morgan fingerprint density at radius 2 is 1.90 bits per heavy atom. The maximum atomic E-state index is 12.3. The van der Waals surface area contributed by atoms with Crippen LogP contribution in [-0.4, -0.2) is 20.6 Å². The SMILES string of the molecule is O=C(O)c1cccc2[nH]c(=O)c(=O)n(C3CCCCC3)c12. The molecule has 2 N–H and O–H groups in total. The second kappa shape index (κ2) is 5.20. The van der Waals surface area contributed by atoms with E-state index in [-0.39, 0.29) is 11.6 Å². The summed E-state index contributed by atoms with van der Waals surface area (Å²) >= 11 is 0. The lowest BCUT2D eigenvalue weighted by Crippen LogP contribution is -2.39. The highest BCUT2D eigenvalue weighted by molar-refractivity contribution is 6.00. The molecule has 1 aromatic carbocycles. The first kappa shape index (κ1) is 13.6. The molecular weight excluding hydrogens is 272 g/mol. The minimum atomic E-state index is -1.10. The number of fused-ring (bicyclic) bond motifs is 1. The van der Waals surface area contributed by atoms with E-state index < -0.39 is 17.1 Å². The summed E-state index contributed by atoms with van der Waals surface area (Å²) < 4.78 is 1.40. The van der Waals surface area contributed by atoms with Crippen LogP contribution >= 0.6 is 0 Å². The van der Waals surface area contributed by atoms with Crippen molar-refractivity contribution in [3.63, 3.8) is 0 Å². The average molecular weight is 288 g/mol. The number of nitrogens with zero attached hydrogens (tertiary/aromatic N) is 1. The van der Waals surface area contributed by atoms with Crippen LogP contribution in [0.2, 0.25) is 0 Å².